The van der Waals surface area contributed by atoms with Crippen LogP contribution in [0, 0.1) is 13.8 Å². The molecule has 22 heavy (non-hydrogen) atoms. The molecule has 0 spiro atoms. The normalized spacial score (nSPS) is 12.9. The second-order valence-electron chi connectivity index (χ2n) is 4.76. The van der Waals surface area contributed by atoms with E-state index in [0.29, 0.717) is 27.6 Å². The number of hydrogen-bond acceptors (Lipinski definition) is 5. The number of carbonyl (C=O) groups is 1. The number of amides is 1. The number of hydrazone groups is 1. The Hall–Kier alpha value is -2.05. The van der Waals surface area contributed by atoms with E-state index in [0.717, 1.165) is 10.4 Å². The lowest BCUT2D eigenvalue weighted by Crippen LogP contribution is -2.17. The van der Waals surface area contributed by atoms with Gasteiger partial charge in [0.2, 0.25) is 6.79 Å². The van der Waals surface area contributed by atoms with E-state index in [1.165, 1.54) is 6.21 Å². The Balaban J connectivity index is 1.72. The topological polar surface area (TPSA) is 59.9 Å². The van der Waals surface area contributed by atoms with Crippen molar-refractivity contribution in [1.82, 2.24) is 5.43 Å². The van der Waals surface area contributed by atoms with Crippen LogP contribution in [0.5, 0.6) is 11.5 Å². The fourth-order valence-corrected chi connectivity index (χ4v) is 3.06. The maximum atomic E-state index is 12.0. The maximum Gasteiger partial charge on any atom is 0.272 e. The largest absolute Gasteiger partial charge is 0.454 e. The van der Waals surface area contributed by atoms with Crippen molar-refractivity contribution in [3.63, 3.8) is 0 Å². The fraction of sp³-hybridized carbons (Fsp3) is 0.200. The molecule has 5 nitrogen and oxygen atoms in total. The summed E-state index contributed by atoms with van der Waals surface area (Å²) in [6.07, 6.45) is 1.48. The van der Waals surface area contributed by atoms with Gasteiger partial charge in [-0.25, -0.2) is 5.43 Å². The van der Waals surface area contributed by atoms with Gasteiger partial charge in [-0.2, -0.15) is 5.10 Å². The monoisotopic (exact) mass is 336 g/mol. The molecule has 7 heteroatoms. The Labute approximate surface area is 136 Å². The summed E-state index contributed by atoms with van der Waals surface area (Å²) < 4.78 is 10.5. The van der Waals surface area contributed by atoms with Crippen molar-refractivity contribution >= 4 is 35.1 Å². The second kappa shape index (κ2) is 5.98. The number of rotatable bonds is 3. The molecular weight excluding hydrogens is 324 g/mol. The van der Waals surface area contributed by atoms with Gasteiger partial charge in [0.05, 0.1) is 16.8 Å². The average Bonchev–Trinajstić information content (AvgIpc) is 3.06. The smallest absolute Gasteiger partial charge is 0.272 e. The van der Waals surface area contributed by atoms with Crippen LogP contribution >= 0.6 is 22.9 Å². The molecule has 1 aliphatic heterocycles. The molecular formula is C15H13ClN2O3S. The van der Waals surface area contributed by atoms with Gasteiger partial charge in [0.1, 0.15) is 0 Å². The zero-order chi connectivity index (χ0) is 15.7. The molecule has 1 aromatic carbocycles. The molecule has 2 heterocycles. The SMILES string of the molecule is Cc1scc(C(=O)N/N=C/c2cc3c(cc2Cl)OCO3)c1C. The first-order valence-corrected chi connectivity index (χ1v) is 7.79. The first-order valence-electron chi connectivity index (χ1n) is 6.53. The zero-order valence-electron chi connectivity index (χ0n) is 12.0. The highest BCUT2D eigenvalue weighted by atomic mass is 35.5. The van der Waals surface area contributed by atoms with Crippen molar-refractivity contribution in [2.75, 3.05) is 6.79 Å². The minimum absolute atomic E-state index is 0.180. The zero-order valence-corrected chi connectivity index (χ0v) is 13.5. The number of aryl methyl sites for hydroxylation is 1. The fourth-order valence-electron chi connectivity index (χ4n) is 1.99. The van der Waals surface area contributed by atoms with Crippen molar-refractivity contribution in [2.24, 2.45) is 5.10 Å². The van der Waals surface area contributed by atoms with E-state index in [4.69, 9.17) is 21.1 Å². The molecule has 3 rings (SSSR count). The van der Waals surface area contributed by atoms with Crippen LogP contribution in [0.3, 0.4) is 0 Å². The van der Waals surface area contributed by atoms with Crippen molar-refractivity contribution in [3.05, 3.63) is 44.1 Å². The molecule has 0 saturated heterocycles. The number of halogens is 1. The summed E-state index contributed by atoms with van der Waals surface area (Å²) >= 11 is 7.67. The van der Waals surface area contributed by atoms with Gasteiger partial charge in [-0.1, -0.05) is 11.6 Å². The van der Waals surface area contributed by atoms with Crippen LogP contribution in [-0.2, 0) is 0 Å². The van der Waals surface area contributed by atoms with Crippen molar-refractivity contribution in [2.45, 2.75) is 13.8 Å². The number of fused-ring (bicyclic) bond motifs is 1. The molecule has 1 amide bonds. The highest BCUT2D eigenvalue weighted by Crippen LogP contribution is 2.36. The second-order valence-corrected chi connectivity index (χ2v) is 6.25. The van der Waals surface area contributed by atoms with Crippen LogP contribution in [0.25, 0.3) is 0 Å². The van der Waals surface area contributed by atoms with Crippen molar-refractivity contribution in [3.8, 4) is 11.5 Å². The van der Waals surface area contributed by atoms with Gasteiger partial charge < -0.3 is 9.47 Å². The van der Waals surface area contributed by atoms with E-state index >= 15 is 0 Å². The van der Waals surface area contributed by atoms with Gasteiger partial charge in [0.15, 0.2) is 11.5 Å². The van der Waals surface area contributed by atoms with Gasteiger partial charge in [-0.05, 0) is 25.5 Å². The highest BCUT2D eigenvalue weighted by Gasteiger charge is 2.16. The summed E-state index contributed by atoms with van der Waals surface area (Å²) in [6, 6.07) is 3.39. The number of benzene rings is 1. The summed E-state index contributed by atoms with van der Waals surface area (Å²) in [7, 11) is 0. The van der Waals surface area contributed by atoms with E-state index in [9.17, 15) is 4.79 Å². The summed E-state index contributed by atoms with van der Waals surface area (Å²) in [5.41, 5.74) is 4.75. The molecule has 114 valence electrons. The van der Waals surface area contributed by atoms with Crippen LogP contribution in [0.4, 0.5) is 0 Å². The molecule has 1 aliphatic rings. The van der Waals surface area contributed by atoms with Crippen LogP contribution in [-0.4, -0.2) is 18.9 Å². The van der Waals surface area contributed by atoms with Gasteiger partial charge in [0, 0.05) is 21.9 Å². The number of hydrogen-bond donors (Lipinski definition) is 1. The van der Waals surface area contributed by atoms with E-state index < -0.39 is 0 Å². The number of thiophene rings is 1. The lowest BCUT2D eigenvalue weighted by molar-refractivity contribution is 0.0955. The molecule has 0 atom stereocenters. The Morgan fingerprint density at radius 3 is 2.77 bits per heavy atom. The third-order valence-corrected chi connectivity index (χ3v) is 4.73. The van der Waals surface area contributed by atoms with Gasteiger partial charge in [0.25, 0.3) is 5.91 Å². The highest BCUT2D eigenvalue weighted by molar-refractivity contribution is 7.10. The Kier molecular flexibility index (Phi) is 4.04. The van der Waals surface area contributed by atoms with Gasteiger partial charge in [-0.3, -0.25) is 4.79 Å². The molecule has 0 radical (unpaired) electrons. The molecule has 2 aromatic rings. The summed E-state index contributed by atoms with van der Waals surface area (Å²) in [6.45, 7) is 4.07. The third kappa shape index (κ3) is 2.80. The predicted molar refractivity (Wildman–Crippen MR) is 86.4 cm³/mol. The van der Waals surface area contributed by atoms with Crippen LogP contribution < -0.4 is 14.9 Å². The van der Waals surface area contributed by atoms with Crippen molar-refractivity contribution in [1.29, 1.82) is 0 Å². The van der Waals surface area contributed by atoms with E-state index in [-0.39, 0.29) is 12.7 Å². The summed E-state index contributed by atoms with van der Waals surface area (Å²) in [5, 5.41) is 6.25. The minimum atomic E-state index is -0.241. The molecule has 1 aromatic heterocycles. The molecule has 0 aliphatic carbocycles. The standard InChI is InChI=1S/C15H13ClN2O3S/c1-8-9(2)22-6-11(8)15(19)18-17-5-10-3-13-14(4-12(10)16)21-7-20-13/h3-6H,7H2,1-2H3,(H,18,19)/b17-5+. The third-order valence-electron chi connectivity index (χ3n) is 3.39. The predicted octanol–water partition coefficient (Wildman–Crippen LogP) is 3.51. The van der Waals surface area contributed by atoms with E-state index in [2.05, 4.69) is 10.5 Å². The first-order chi connectivity index (χ1) is 10.6. The minimum Gasteiger partial charge on any atom is -0.454 e. The van der Waals surface area contributed by atoms with Gasteiger partial charge in [-0.15, -0.1) is 11.3 Å². The summed E-state index contributed by atoms with van der Waals surface area (Å²) in [5.74, 6) is 0.979. The first kappa shape index (κ1) is 14.9. The lowest BCUT2D eigenvalue weighted by Gasteiger charge is -2.02. The maximum absolute atomic E-state index is 12.0. The Bertz CT molecular complexity index is 770. The van der Waals surface area contributed by atoms with Crippen LogP contribution in [0.15, 0.2) is 22.6 Å². The Morgan fingerprint density at radius 1 is 1.36 bits per heavy atom. The van der Waals surface area contributed by atoms with E-state index in [1.54, 1.807) is 23.5 Å². The molecule has 1 N–H and O–H groups in total. The Morgan fingerprint density at radius 2 is 2.09 bits per heavy atom. The van der Waals surface area contributed by atoms with E-state index in [1.807, 2.05) is 19.2 Å². The number of nitrogens with zero attached hydrogens (tertiary/aromatic N) is 1. The molecule has 0 fully saturated rings. The molecule has 0 bridgehead atoms. The number of carbonyl (C=O) groups excluding carboxylic acids is 1. The number of ether oxygens (including phenoxy) is 2. The van der Waals surface area contributed by atoms with Gasteiger partial charge >= 0.3 is 0 Å². The van der Waals surface area contributed by atoms with Crippen molar-refractivity contribution < 1.29 is 14.3 Å². The summed E-state index contributed by atoms with van der Waals surface area (Å²) in [4.78, 5) is 13.2. The van der Waals surface area contributed by atoms with Crippen LogP contribution in [0.1, 0.15) is 26.4 Å². The lowest BCUT2D eigenvalue weighted by atomic mass is 10.2. The molecule has 0 saturated carbocycles. The molecule has 0 unspecified atom stereocenters. The quantitative estimate of drug-likeness (QED) is 0.689. The van der Waals surface area contributed by atoms with Crippen LogP contribution in [0.2, 0.25) is 5.02 Å². The average molecular weight is 337 g/mol. The number of nitrogens with one attached hydrogen (secondary N) is 1.